The molecule has 0 saturated heterocycles. The number of halogens is 2. The molecule has 0 aliphatic rings. The Morgan fingerprint density at radius 1 is 1.42 bits per heavy atom. The highest BCUT2D eigenvalue weighted by Crippen LogP contribution is 2.23. The molecule has 0 radical (unpaired) electrons. The quantitative estimate of drug-likeness (QED) is 0.735. The number of aromatic nitrogens is 2. The van der Waals surface area contributed by atoms with E-state index in [1.165, 1.54) is 12.0 Å². The molecule has 136 valence electrons. The van der Waals surface area contributed by atoms with Gasteiger partial charge in [-0.15, -0.1) is 0 Å². The van der Waals surface area contributed by atoms with Gasteiger partial charge in [0.05, 0.1) is 12.3 Å². The van der Waals surface area contributed by atoms with Crippen molar-refractivity contribution in [1.29, 1.82) is 0 Å². The maximum absolute atomic E-state index is 12.3. The van der Waals surface area contributed by atoms with Crippen LogP contribution in [0.25, 0.3) is 0 Å². The first kappa shape index (κ1) is 20.7. The molecule has 1 aromatic rings. The van der Waals surface area contributed by atoms with E-state index >= 15 is 0 Å². The van der Waals surface area contributed by atoms with Crippen molar-refractivity contribution < 1.29 is 14.3 Å². The van der Waals surface area contributed by atoms with Crippen molar-refractivity contribution in [2.45, 2.75) is 31.0 Å². The van der Waals surface area contributed by atoms with Gasteiger partial charge >= 0.3 is 0 Å². The average molecular weight is 379 g/mol. The molecule has 24 heavy (non-hydrogen) atoms. The lowest BCUT2D eigenvalue weighted by molar-refractivity contribution is -0.133. The first-order valence-corrected chi connectivity index (χ1v) is 8.33. The highest BCUT2D eigenvalue weighted by Gasteiger charge is 2.24. The Morgan fingerprint density at radius 3 is 2.50 bits per heavy atom. The summed E-state index contributed by atoms with van der Waals surface area (Å²) in [5.74, 6) is -0.347. The largest absolute Gasteiger partial charge is 0.383 e. The topological polar surface area (TPSA) is 76.5 Å². The highest BCUT2D eigenvalue weighted by atomic mass is 35.5. The monoisotopic (exact) mass is 378 g/mol. The van der Waals surface area contributed by atoms with Gasteiger partial charge in [-0.25, -0.2) is 0 Å². The fraction of sp³-hybridized carbons (Fsp3) is 0.667. The van der Waals surface area contributed by atoms with Crippen LogP contribution in [0.5, 0.6) is 0 Å². The molecular weight excluding hydrogens is 355 g/mol. The molecule has 0 aliphatic carbocycles. The van der Waals surface area contributed by atoms with Crippen LogP contribution in [-0.4, -0.2) is 58.1 Å². The summed E-state index contributed by atoms with van der Waals surface area (Å²) in [6, 6.07) is 1.81. The second kappa shape index (κ2) is 8.69. The van der Waals surface area contributed by atoms with E-state index in [-0.39, 0.29) is 31.0 Å². The second-order valence-electron chi connectivity index (χ2n) is 6.39. The summed E-state index contributed by atoms with van der Waals surface area (Å²) in [7, 11) is 3.25. The minimum Gasteiger partial charge on any atom is -0.383 e. The van der Waals surface area contributed by atoms with E-state index in [2.05, 4.69) is 10.4 Å². The van der Waals surface area contributed by atoms with Crippen LogP contribution in [-0.2, 0) is 26.8 Å². The second-order valence-corrected chi connectivity index (χ2v) is 7.49. The molecule has 0 aromatic carbocycles. The molecule has 9 heteroatoms. The number of anilines is 1. The third-order valence-corrected chi connectivity index (χ3v) is 3.69. The Kier molecular flexibility index (Phi) is 7.51. The summed E-state index contributed by atoms with van der Waals surface area (Å²) in [6.45, 7) is 6.43. The zero-order valence-electron chi connectivity index (χ0n) is 14.6. The third kappa shape index (κ3) is 5.96. The van der Waals surface area contributed by atoms with Gasteiger partial charge in [0.2, 0.25) is 5.91 Å². The molecule has 0 atom stereocenters. The van der Waals surface area contributed by atoms with E-state index in [1.807, 2.05) is 26.8 Å². The van der Waals surface area contributed by atoms with Gasteiger partial charge in [-0.05, 0) is 0 Å². The summed E-state index contributed by atoms with van der Waals surface area (Å²) in [5, 5.41) is 7.13. The molecule has 0 saturated carbocycles. The van der Waals surface area contributed by atoms with Crippen molar-refractivity contribution in [3.8, 4) is 0 Å². The lowest BCUT2D eigenvalue weighted by Crippen LogP contribution is -2.42. The van der Waals surface area contributed by atoms with Crippen LogP contribution in [0.2, 0.25) is 0 Å². The Hall–Kier alpha value is -1.31. The van der Waals surface area contributed by atoms with Crippen molar-refractivity contribution in [3.63, 3.8) is 0 Å². The molecule has 0 fully saturated rings. The van der Waals surface area contributed by atoms with Crippen molar-refractivity contribution in [2.24, 2.45) is 7.05 Å². The van der Waals surface area contributed by atoms with Crippen LogP contribution >= 0.6 is 23.2 Å². The molecule has 7 nitrogen and oxygen atoms in total. The lowest BCUT2D eigenvalue weighted by Gasteiger charge is -2.22. The number of hydrogen-bond donors (Lipinski definition) is 1. The van der Waals surface area contributed by atoms with Crippen molar-refractivity contribution >= 4 is 40.8 Å². The minimum absolute atomic E-state index is 0.133. The van der Waals surface area contributed by atoms with Crippen molar-refractivity contribution in [1.82, 2.24) is 14.7 Å². The number of hydrogen-bond acceptors (Lipinski definition) is 4. The zero-order valence-corrected chi connectivity index (χ0v) is 16.1. The number of methoxy groups -OCH3 is 1. The highest BCUT2D eigenvalue weighted by molar-refractivity contribution is 6.53. The van der Waals surface area contributed by atoms with E-state index in [0.717, 1.165) is 5.69 Å². The molecule has 1 aromatic heterocycles. The summed E-state index contributed by atoms with van der Waals surface area (Å²) in [6.07, 6.45) is 0. The standard InChI is InChI=1S/C15H24Cl2N4O3/c1-15(2,3)10-8-11(20(4)19-10)18-12(22)9-21(6-7-24-5)14(23)13(16)17/h8,13H,6-7,9H2,1-5H3,(H,18,22). The van der Waals surface area contributed by atoms with E-state index in [1.54, 1.807) is 11.7 Å². The van der Waals surface area contributed by atoms with Gasteiger partial charge in [-0.1, -0.05) is 44.0 Å². The van der Waals surface area contributed by atoms with Crippen molar-refractivity contribution in [3.05, 3.63) is 11.8 Å². The van der Waals surface area contributed by atoms with Crippen LogP contribution in [0.15, 0.2) is 6.07 Å². The van der Waals surface area contributed by atoms with E-state index < -0.39 is 10.7 Å². The average Bonchev–Trinajstić information content (AvgIpc) is 2.83. The van der Waals surface area contributed by atoms with Crippen LogP contribution < -0.4 is 5.32 Å². The van der Waals surface area contributed by atoms with Gasteiger partial charge in [0.1, 0.15) is 12.4 Å². The summed E-state index contributed by atoms with van der Waals surface area (Å²) in [4.78, 5) is 24.2. The van der Waals surface area contributed by atoms with Gasteiger partial charge in [0.25, 0.3) is 5.91 Å². The summed E-state index contributed by atoms with van der Waals surface area (Å²) < 4.78 is 6.53. The van der Waals surface area contributed by atoms with Gasteiger partial charge < -0.3 is 15.0 Å². The number of carbonyl (C=O) groups excluding carboxylic acids is 2. The lowest BCUT2D eigenvalue weighted by atomic mass is 9.92. The number of ether oxygens (including phenoxy) is 1. The summed E-state index contributed by atoms with van der Waals surface area (Å²) in [5.41, 5.74) is 0.722. The van der Waals surface area contributed by atoms with E-state index in [4.69, 9.17) is 27.9 Å². The molecule has 1 N–H and O–H groups in total. The zero-order chi connectivity index (χ0) is 18.5. The number of amides is 2. The maximum Gasteiger partial charge on any atom is 0.256 e. The molecule has 0 spiro atoms. The SMILES string of the molecule is COCCN(CC(=O)Nc1cc(C(C)(C)C)nn1C)C(=O)C(Cl)Cl. The smallest absolute Gasteiger partial charge is 0.256 e. The number of aryl methyl sites for hydroxylation is 1. The van der Waals surface area contributed by atoms with Crippen LogP contribution in [0, 0.1) is 0 Å². The molecule has 0 bridgehead atoms. The predicted molar refractivity (Wildman–Crippen MR) is 94.5 cm³/mol. The fourth-order valence-corrected chi connectivity index (χ4v) is 2.19. The van der Waals surface area contributed by atoms with Crippen LogP contribution in [0.1, 0.15) is 26.5 Å². The first-order chi connectivity index (χ1) is 11.1. The number of nitrogens with zero attached hydrogens (tertiary/aromatic N) is 3. The molecule has 2 amide bonds. The van der Waals surface area contributed by atoms with Crippen LogP contribution in [0.4, 0.5) is 5.82 Å². The van der Waals surface area contributed by atoms with Gasteiger partial charge in [0.15, 0.2) is 4.84 Å². The molecule has 0 aliphatic heterocycles. The third-order valence-electron chi connectivity index (χ3n) is 3.31. The normalized spacial score (nSPS) is 11.7. The van der Waals surface area contributed by atoms with Crippen LogP contribution in [0.3, 0.4) is 0 Å². The fourth-order valence-electron chi connectivity index (χ4n) is 1.91. The first-order valence-electron chi connectivity index (χ1n) is 7.46. The Balaban J connectivity index is 2.79. The Morgan fingerprint density at radius 2 is 2.04 bits per heavy atom. The minimum atomic E-state index is -1.22. The number of carbonyl (C=O) groups is 2. The molecule has 1 rings (SSSR count). The van der Waals surface area contributed by atoms with Gasteiger partial charge in [-0.2, -0.15) is 5.10 Å². The Labute approximate surface area is 152 Å². The Bertz CT molecular complexity index is 582. The maximum atomic E-state index is 12.3. The number of nitrogens with one attached hydrogen (secondary N) is 1. The van der Waals surface area contributed by atoms with Gasteiger partial charge in [0, 0.05) is 32.2 Å². The number of rotatable bonds is 7. The van der Waals surface area contributed by atoms with E-state index in [0.29, 0.717) is 5.82 Å². The number of alkyl halides is 2. The van der Waals surface area contributed by atoms with Crippen molar-refractivity contribution in [2.75, 3.05) is 32.1 Å². The molecule has 1 heterocycles. The molecular formula is C15H24Cl2N4O3. The predicted octanol–water partition coefficient (Wildman–Crippen LogP) is 1.93. The summed E-state index contributed by atoms with van der Waals surface area (Å²) >= 11 is 11.2. The van der Waals surface area contributed by atoms with Gasteiger partial charge in [-0.3, -0.25) is 14.3 Å². The molecule has 0 unspecified atom stereocenters. The van der Waals surface area contributed by atoms with E-state index in [9.17, 15) is 9.59 Å².